The highest BCUT2D eigenvalue weighted by atomic mass is 16.5. The van der Waals surface area contributed by atoms with Gasteiger partial charge in [0.1, 0.15) is 5.75 Å². The second-order valence-electron chi connectivity index (χ2n) is 5.50. The molecule has 0 radical (unpaired) electrons. The van der Waals surface area contributed by atoms with Gasteiger partial charge in [-0.1, -0.05) is 17.7 Å². The maximum atomic E-state index is 5.54. The molecular weight excluding hydrogens is 224 g/mol. The largest absolute Gasteiger partial charge is 0.496 e. The lowest BCUT2D eigenvalue weighted by Crippen LogP contribution is -2.47. The summed E-state index contributed by atoms with van der Waals surface area (Å²) in [5.41, 5.74) is 3.83. The van der Waals surface area contributed by atoms with E-state index in [-0.39, 0.29) is 0 Å². The monoisotopic (exact) mass is 248 g/mol. The van der Waals surface area contributed by atoms with E-state index < -0.39 is 0 Å². The van der Waals surface area contributed by atoms with Crippen molar-refractivity contribution in [1.29, 1.82) is 0 Å². The lowest BCUT2D eigenvalue weighted by atomic mass is 10.0. The van der Waals surface area contributed by atoms with Gasteiger partial charge in [-0.2, -0.15) is 0 Å². The fourth-order valence-corrected chi connectivity index (χ4v) is 2.73. The Hall–Kier alpha value is -1.06. The van der Waals surface area contributed by atoms with Crippen LogP contribution in [0.5, 0.6) is 5.75 Å². The van der Waals surface area contributed by atoms with Gasteiger partial charge in [0.25, 0.3) is 0 Å². The molecule has 3 nitrogen and oxygen atoms in total. The molecule has 0 aromatic heterocycles. The summed E-state index contributed by atoms with van der Waals surface area (Å²) in [5.74, 6) is 1.85. The summed E-state index contributed by atoms with van der Waals surface area (Å²) in [5, 5.41) is 3.32. The Kier molecular flexibility index (Phi) is 4.25. The van der Waals surface area contributed by atoms with Crippen LogP contribution in [-0.2, 0) is 6.54 Å². The quantitative estimate of drug-likeness (QED) is 0.862. The van der Waals surface area contributed by atoms with Crippen LogP contribution >= 0.6 is 0 Å². The van der Waals surface area contributed by atoms with Crippen LogP contribution in [-0.4, -0.2) is 38.7 Å². The minimum atomic E-state index is 0.812. The molecular formula is C15H24N2O. The van der Waals surface area contributed by atoms with Crippen molar-refractivity contribution >= 4 is 0 Å². The number of rotatable bonds is 5. The molecule has 1 fully saturated rings. The molecule has 1 aliphatic heterocycles. The minimum absolute atomic E-state index is 0.812. The maximum Gasteiger partial charge on any atom is 0.126 e. The van der Waals surface area contributed by atoms with Gasteiger partial charge in [0.15, 0.2) is 0 Å². The summed E-state index contributed by atoms with van der Waals surface area (Å²) in [4.78, 5) is 2.39. The third-order valence-corrected chi connectivity index (χ3v) is 3.58. The Morgan fingerprint density at radius 1 is 1.33 bits per heavy atom. The highest BCUT2D eigenvalue weighted by molar-refractivity contribution is 5.43. The number of benzene rings is 1. The Balaban J connectivity index is 2.06. The summed E-state index contributed by atoms with van der Waals surface area (Å²) in [6.07, 6.45) is 0. The summed E-state index contributed by atoms with van der Waals surface area (Å²) in [6.45, 7) is 8.70. The number of aryl methyl sites for hydroxylation is 2. The molecule has 0 spiro atoms. The molecule has 3 heteroatoms. The summed E-state index contributed by atoms with van der Waals surface area (Å²) >= 11 is 0. The van der Waals surface area contributed by atoms with Crippen LogP contribution in [0.4, 0.5) is 0 Å². The Bertz CT molecular complexity index is 413. The topological polar surface area (TPSA) is 24.5 Å². The minimum Gasteiger partial charge on any atom is -0.496 e. The summed E-state index contributed by atoms with van der Waals surface area (Å²) < 4.78 is 5.54. The van der Waals surface area contributed by atoms with Crippen molar-refractivity contribution in [2.24, 2.45) is 5.92 Å². The van der Waals surface area contributed by atoms with E-state index in [9.17, 15) is 0 Å². The zero-order chi connectivity index (χ0) is 13.1. The van der Waals surface area contributed by atoms with Gasteiger partial charge >= 0.3 is 0 Å². The van der Waals surface area contributed by atoms with Gasteiger partial charge in [0.2, 0.25) is 0 Å². The first-order valence-corrected chi connectivity index (χ1v) is 6.63. The maximum absolute atomic E-state index is 5.54. The molecule has 0 unspecified atom stereocenters. The smallest absolute Gasteiger partial charge is 0.126 e. The number of methoxy groups -OCH3 is 1. The van der Waals surface area contributed by atoms with Gasteiger partial charge in [0, 0.05) is 31.7 Å². The van der Waals surface area contributed by atoms with E-state index >= 15 is 0 Å². The molecule has 1 aliphatic rings. The van der Waals surface area contributed by atoms with Crippen LogP contribution in [0.15, 0.2) is 12.1 Å². The van der Waals surface area contributed by atoms with Crippen molar-refractivity contribution in [3.63, 3.8) is 0 Å². The van der Waals surface area contributed by atoms with E-state index in [2.05, 4.69) is 43.2 Å². The molecule has 2 rings (SSSR count). The van der Waals surface area contributed by atoms with Gasteiger partial charge in [-0.3, -0.25) is 0 Å². The van der Waals surface area contributed by atoms with Crippen LogP contribution in [0.2, 0.25) is 0 Å². The molecule has 0 bridgehead atoms. The summed E-state index contributed by atoms with van der Waals surface area (Å²) in [6, 6.07) is 4.42. The van der Waals surface area contributed by atoms with E-state index in [0.717, 1.165) is 37.8 Å². The number of hydrogen-bond acceptors (Lipinski definition) is 3. The second-order valence-corrected chi connectivity index (χ2v) is 5.50. The van der Waals surface area contributed by atoms with Crippen LogP contribution in [0.25, 0.3) is 0 Å². The van der Waals surface area contributed by atoms with Crippen molar-refractivity contribution < 1.29 is 4.74 Å². The van der Waals surface area contributed by atoms with Crippen LogP contribution < -0.4 is 10.1 Å². The zero-order valence-electron chi connectivity index (χ0n) is 11.9. The number of nitrogens with zero attached hydrogens (tertiary/aromatic N) is 1. The standard InChI is InChI=1S/C15H24N2O/c1-11-5-12(2)15(18-4)14(6-11)10-17(3)9-13-7-16-8-13/h5-6,13,16H,7-10H2,1-4H3. The predicted octanol–water partition coefficient (Wildman–Crippen LogP) is 1.96. The van der Waals surface area contributed by atoms with Crippen molar-refractivity contribution in [2.75, 3.05) is 33.8 Å². The number of nitrogens with one attached hydrogen (secondary N) is 1. The molecule has 1 heterocycles. The first-order valence-electron chi connectivity index (χ1n) is 6.63. The molecule has 0 aliphatic carbocycles. The fourth-order valence-electron chi connectivity index (χ4n) is 2.73. The Morgan fingerprint density at radius 2 is 2.06 bits per heavy atom. The fraction of sp³-hybridized carbons (Fsp3) is 0.600. The molecule has 18 heavy (non-hydrogen) atoms. The molecule has 1 aromatic carbocycles. The second kappa shape index (κ2) is 5.72. The molecule has 1 aromatic rings. The lowest BCUT2D eigenvalue weighted by Gasteiger charge is -2.31. The van der Waals surface area contributed by atoms with Gasteiger partial charge in [-0.25, -0.2) is 0 Å². The Labute approximate surface area is 110 Å². The molecule has 100 valence electrons. The number of ether oxygens (including phenoxy) is 1. The SMILES string of the molecule is COc1c(C)cc(C)cc1CN(C)CC1CNC1. The van der Waals surface area contributed by atoms with Crippen LogP contribution in [0.3, 0.4) is 0 Å². The number of hydrogen-bond donors (Lipinski definition) is 1. The third kappa shape index (κ3) is 3.03. The Morgan fingerprint density at radius 3 is 2.61 bits per heavy atom. The molecule has 1 saturated heterocycles. The lowest BCUT2D eigenvalue weighted by molar-refractivity contribution is 0.216. The average Bonchev–Trinajstić information content (AvgIpc) is 2.23. The first kappa shape index (κ1) is 13.4. The van der Waals surface area contributed by atoms with E-state index in [1.165, 1.54) is 16.7 Å². The van der Waals surface area contributed by atoms with Crippen molar-refractivity contribution in [1.82, 2.24) is 10.2 Å². The summed E-state index contributed by atoms with van der Waals surface area (Å²) in [7, 11) is 3.95. The van der Waals surface area contributed by atoms with Gasteiger partial charge in [0.05, 0.1) is 7.11 Å². The predicted molar refractivity (Wildman–Crippen MR) is 75.2 cm³/mol. The molecule has 1 N–H and O–H groups in total. The van der Waals surface area contributed by atoms with E-state index in [0.29, 0.717) is 0 Å². The van der Waals surface area contributed by atoms with E-state index in [1.54, 1.807) is 7.11 Å². The normalized spacial score (nSPS) is 15.8. The van der Waals surface area contributed by atoms with Crippen molar-refractivity contribution in [2.45, 2.75) is 20.4 Å². The van der Waals surface area contributed by atoms with Crippen LogP contribution in [0.1, 0.15) is 16.7 Å². The van der Waals surface area contributed by atoms with Gasteiger partial charge in [-0.05, 0) is 32.4 Å². The van der Waals surface area contributed by atoms with Crippen molar-refractivity contribution in [3.05, 3.63) is 28.8 Å². The third-order valence-electron chi connectivity index (χ3n) is 3.58. The van der Waals surface area contributed by atoms with E-state index in [1.807, 2.05) is 0 Å². The highest BCUT2D eigenvalue weighted by Crippen LogP contribution is 2.26. The zero-order valence-corrected chi connectivity index (χ0v) is 11.9. The van der Waals surface area contributed by atoms with E-state index in [4.69, 9.17) is 4.74 Å². The van der Waals surface area contributed by atoms with Gasteiger partial charge in [-0.15, -0.1) is 0 Å². The molecule has 0 atom stereocenters. The first-order chi connectivity index (χ1) is 8.60. The van der Waals surface area contributed by atoms with Crippen molar-refractivity contribution in [3.8, 4) is 5.75 Å². The highest BCUT2D eigenvalue weighted by Gasteiger charge is 2.19. The van der Waals surface area contributed by atoms with Crippen LogP contribution in [0, 0.1) is 19.8 Å². The molecule has 0 amide bonds. The average molecular weight is 248 g/mol. The molecule has 0 saturated carbocycles. The van der Waals surface area contributed by atoms with Gasteiger partial charge < -0.3 is 15.0 Å².